The van der Waals surface area contributed by atoms with Crippen LogP contribution in [-0.2, 0) is 16.0 Å². The van der Waals surface area contributed by atoms with Crippen LogP contribution in [0.15, 0.2) is 12.4 Å². The Morgan fingerprint density at radius 2 is 2.14 bits per heavy atom. The maximum atomic E-state index is 12.0. The number of carbonyl (C=O) groups is 1. The highest BCUT2D eigenvalue weighted by Crippen LogP contribution is 2.15. The van der Waals surface area contributed by atoms with E-state index in [1.165, 1.54) is 0 Å². The minimum atomic E-state index is -0.0446. The Kier molecular flexibility index (Phi) is 5.92. The molecule has 1 amide bonds. The van der Waals surface area contributed by atoms with Gasteiger partial charge in [-0.2, -0.15) is 0 Å². The molecule has 0 N–H and O–H groups in total. The Labute approximate surface area is 125 Å². The second-order valence-electron chi connectivity index (χ2n) is 5.09. The summed E-state index contributed by atoms with van der Waals surface area (Å²) in [6.07, 6.45) is 6.26. The monoisotopic (exact) mass is 293 g/mol. The summed E-state index contributed by atoms with van der Waals surface area (Å²) in [4.78, 5) is 22.2. The summed E-state index contributed by atoms with van der Waals surface area (Å²) < 4.78 is 11.0. The molecule has 0 aromatic carbocycles. The molecule has 1 aliphatic heterocycles. The molecule has 2 heterocycles. The van der Waals surface area contributed by atoms with Crippen LogP contribution in [0.5, 0.6) is 6.01 Å². The third-order valence-electron chi connectivity index (χ3n) is 3.52. The minimum Gasteiger partial charge on any atom is -0.458 e. The largest absolute Gasteiger partial charge is 0.458 e. The second-order valence-corrected chi connectivity index (χ2v) is 5.09. The molecule has 2 rings (SSSR count). The highest BCUT2D eigenvalue weighted by molar-refractivity contribution is 5.77. The third-order valence-corrected chi connectivity index (χ3v) is 3.52. The first-order valence-corrected chi connectivity index (χ1v) is 7.56. The van der Waals surface area contributed by atoms with Gasteiger partial charge in [0.05, 0.1) is 6.54 Å². The summed E-state index contributed by atoms with van der Waals surface area (Å²) in [5.74, 6) is 0.0207. The lowest BCUT2D eigenvalue weighted by Crippen LogP contribution is -2.45. The van der Waals surface area contributed by atoms with Crippen LogP contribution in [0.3, 0.4) is 0 Å². The van der Waals surface area contributed by atoms with E-state index in [2.05, 4.69) is 16.9 Å². The lowest BCUT2D eigenvalue weighted by Gasteiger charge is -2.32. The Hall–Kier alpha value is -1.69. The molecule has 0 saturated carbocycles. The zero-order valence-electron chi connectivity index (χ0n) is 12.7. The van der Waals surface area contributed by atoms with E-state index in [0.717, 1.165) is 31.4 Å². The predicted octanol–water partition coefficient (Wildman–Crippen LogP) is 1.45. The molecule has 0 radical (unpaired) electrons. The fraction of sp³-hybridized carbons (Fsp3) is 0.667. The molecule has 1 aromatic heterocycles. The lowest BCUT2D eigenvalue weighted by atomic mass is 10.1. The quantitative estimate of drug-likeness (QED) is 0.794. The molecule has 1 unspecified atom stereocenters. The maximum absolute atomic E-state index is 12.0. The van der Waals surface area contributed by atoms with Gasteiger partial charge in [0.25, 0.3) is 0 Å². The van der Waals surface area contributed by atoms with Crippen LogP contribution in [0, 0.1) is 0 Å². The molecular formula is C15H23N3O3. The molecule has 0 spiro atoms. The van der Waals surface area contributed by atoms with Crippen LogP contribution < -0.4 is 4.74 Å². The van der Waals surface area contributed by atoms with Crippen molar-refractivity contribution in [3.63, 3.8) is 0 Å². The zero-order chi connectivity index (χ0) is 15.1. The van der Waals surface area contributed by atoms with Crippen LogP contribution in [0.4, 0.5) is 0 Å². The Morgan fingerprint density at radius 1 is 1.38 bits per heavy atom. The van der Waals surface area contributed by atoms with E-state index >= 15 is 0 Å². The number of likely N-dealkylation sites (tertiary alicyclic amines) is 1. The third kappa shape index (κ3) is 4.67. The lowest BCUT2D eigenvalue weighted by molar-refractivity contribution is -0.138. The van der Waals surface area contributed by atoms with E-state index in [9.17, 15) is 4.79 Å². The number of carbonyl (C=O) groups excluding carboxylic acids is 1. The van der Waals surface area contributed by atoms with Crippen molar-refractivity contribution in [2.45, 2.75) is 39.2 Å². The SMILES string of the molecule is CCOCC(=O)N1CCCC(Oc2ncc(CC)cn2)C1. The van der Waals surface area contributed by atoms with Gasteiger partial charge in [0.2, 0.25) is 5.91 Å². The molecule has 1 fully saturated rings. The summed E-state index contributed by atoms with van der Waals surface area (Å²) in [7, 11) is 0. The first kappa shape index (κ1) is 15.7. The fourth-order valence-electron chi connectivity index (χ4n) is 2.28. The molecule has 6 nitrogen and oxygen atoms in total. The highest BCUT2D eigenvalue weighted by atomic mass is 16.5. The molecule has 116 valence electrons. The highest BCUT2D eigenvalue weighted by Gasteiger charge is 2.25. The van der Waals surface area contributed by atoms with Crippen LogP contribution in [-0.4, -0.2) is 53.2 Å². The molecule has 0 bridgehead atoms. The van der Waals surface area contributed by atoms with Gasteiger partial charge in [-0.25, -0.2) is 9.97 Å². The standard InChI is InChI=1S/C15H23N3O3/c1-3-12-8-16-15(17-9-12)21-13-6-5-7-18(10-13)14(19)11-20-4-2/h8-9,13H,3-7,10-11H2,1-2H3. The number of ether oxygens (including phenoxy) is 2. The van der Waals surface area contributed by atoms with Gasteiger partial charge in [-0.15, -0.1) is 0 Å². The predicted molar refractivity (Wildman–Crippen MR) is 78.1 cm³/mol. The number of aryl methyl sites for hydroxylation is 1. The summed E-state index contributed by atoms with van der Waals surface area (Å²) in [6.45, 7) is 5.98. The summed E-state index contributed by atoms with van der Waals surface area (Å²) in [5, 5.41) is 0. The number of hydrogen-bond donors (Lipinski definition) is 0. The van der Waals surface area contributed by atoms with Crippen molar-refractivity contribution >= 4 is 5.91 Å². The minimum absolute atomic E-state index is 0.0207. The van der Waals surface area contributed by atoms with Gasteiger partial charge in [0.15, 0.2) is 0 Å². The molecule has 6 heteroatoms. The van der Waals surface area contributed by atoms with Crippen molar-refractivity contribution in [2.75, 3.05) is 26.3 Å². The number of amides is 1. The molecule has 0 aliphatic carbocycles. The summed E-state index contributed by atoms with van der Waals surface area (Å²) >= 11 is 0. The van der Waals surface area contributed by atoms with Crippen LogP contribution >= 0.6 is 0 Å². The van der Waals surface area contributed by atoms with Gasteiger partial charge in [-0.05, 0) is 31.7 Å². The van der Waals surface area contributed by atoms with Crippen molar-refractivity contribution in [1.29, 1.82) is 0 Å². The van der Waals surface area contributed by atoms with Crippen LogP contribution in [0.2, 0.25) is 0 Å². The van der Waals surface area contributed by atoms with E-state index in [4.69, 9.17) is 9.47 Å². The number of nitrogens with zero attached hydrogens (tertiary/aromatic N) is 3. The van der Waals surface area contributed by atoms with E-state index in [1.54, 1.807) is 17.3 Å². The fourth-order valence-corrected chi connectivity index (χ4v) is 2.28. The number of aromatic nitrogens is 2. The molecule has 1 atom stereocenters. The normalized spacial score (nSPS) is 18.6. The van der Waals surface area contributed by atoms with Crippen molar-refractivity contribution in [3.8, 4) is 6.01 Å². The number of rotatable bonds is 6. The van der Waals surface area contributed by atoms with Gasteiger partial charge in [0, 0.05) is 25.5 Å². The first-order chi connectivity index (χ1) is 10.2. The van der Waals surface area contributed by atoms with Crippen molar-refractivity contribution in [2.24, 2.45) is 0 Å². The topological polar surface area (TPSA) is 64.5 Å². The van der Waals surface area contributed by atoms with E-state index in [1.807, 2.05) is 6.92 Å². The average molecular weight is 293 g/mol. The zero-order valence-corrected chi connectivity index (χ0v) is 12.7. The van der Waals surface area contributed by atoms with E-state index in [0.29, 0.717) is 19.2 Å². The van der Waals surface area contributed by atoms with Crippen molar-refractivity contribution < 1.29 is 14.3 Å². The first-order valence-electron chi connectivity index (χ1n) is 7.56. The van der Waals surface area contributed by atoms with Gasteiger partial charge in [-0.1, -0.05) is 6.92 Å². The van der Waals surface area contributed by atoms with Crippen molar-refractivity contribution in [3.05, 3.63) is 18.0 Å². The van der Waals surface area contributed by atoms with Crippen molar-refractivity contribution in [1.82, 2.24) is 14.9 Å². The molecule has 21 heavy (non-hydrogen) atoms. The van der Waals surface area contributed by atoms with Crippen LogP contribution in [0.25, 0.3) is 0 Å². The molecule has 1 saturated heterocycles. The molecular weight excluding hydrogens is 270 g/mol. The Bertz CT molecular complexity index is 450. The molecule has 1 aromatic rings. The maximum Gasteiger partial charge on any atom is 0.316 e. The summed E-state index contributed by atoms with van der Waals surface area (Å²) in [5.41, 5.74) is 1.08. The second kappa shape index (κ2) is 7.93. The van der Waals surface area contributed by atoms with Gasteiger partial charge < -0.3 is 14.4 Å². The molecule has 1 aliphatic rings. The van der Waals surface area contributed by atoms with Gasteiger partial charge >= 0.3 is 6.01 Å². The van der Waals surface area contributed by atoms with Gasteiger partial charge in [0.1, 0.15) is 12.7 Å². The van der Waals surface area contributed by atoms with E-state index in [-0.39, 0.29) is 18.6 Å². The Morgan fingerprint density at radius 3 is 2.81 bits per heavy atom. The smallest absolute Gasteiger partial charge is 0.316 e. The van der Waals surface area contributed by atoms with E-state index < -0.39 is 0 Å². The number of hydrogen-bond acceptors (Lipinski definition) is 5. The Balaban J connectivity index is 1.86. The average Bonchev–Trinajstić information content (AvgIpc) is 2.53. The number of piperidine rings is 1. The van der Waals surface area contributed by atoms with Gasteiger partial charge in [-0.3, -0.25) is 4.79 Å². The van der Waals surface area contributed by atoms with Crippen LogP contribution in [0.1, 0.15) is 32.3 Å². The summed E-state index contributed by atoms with van der Waals surface area (Å²) in [6, 6.07) is 0.385.